The van der Waals surface area contributed by atoms with Gasteiger partial charge in [-0.1, -0.05) is 19.9 Å². The number of hydrogen-bond acceptors (Lipinski definition) is 3. The number of benzene rings is 1. The van der Waals surface area contributed by atoms with E-state index < -0.39 is 0 Å². The lowest BCUT2D eigenvalue weighted by molar-refractivity contribution is 0.0249. The monoisotopic (exact) mass is 336 g/mol. The van der Waals surface area contributed by atoms with Gasteiger partial charge in [0, 0.05) is 25.0 Å². The number of carbonyl (C=O) groups excluding carboxylic acids is 1. The number of fused-ring (bicyclic) bond motifs is 4. The summed E-state index contributed by atoms with van der Waals surface area (Å²) in [5, 5.41) is 0. The maximum absolute atomic E-state index is 13.0. The van der Waals surface area contributed by atoms with Gasteiger partial charge in [-0.2, -0.15) is 0 Å². The second-order valence-corrected chi connectivity index (χ2v) is 7.49. The van der Waals surface area contributed by atoms with Gasteiger partial charge in [0.25, 0.3) is 5.91 Å². The number of likely N-dealkylation sites (tertiary alicyclic amines) is 1. The highest BCUT2D eigenvalue weighted by Crippen LogP contribution is 2.49. The summed E-state index contributed by atoms with van der Waals surface area (Å²) in [7, 11) is 1.72. The topological polar surface area (TPSA) is 42.4 Å². The lowest BCUT2D eigenvalue weighted by Crippen LogP contribution is -2.59. The van der Waals surface area contributed by atoms with Crippen LogP contribution in [0, 0.1) is 5.92 Å². The van der Waals surface area contributed by atoms with Crippen molar-refractivity contribution in [3.63, 3.8) is 0 Å². The first-order chi connectivity index (χ1) is 12.0. The molecule has 2 aromatic rings. The molecule has 0 unspecified atom stereocenters. The highest BCUT2D eigenvalue weighted by Gasteiger charge is 2.49. The molecule has 2 bridgehead atoms. The van der Waals surface area contributed by atoms with Gasteiger partial charge in [-0.25, -0.2) is 0 Å². The molecule has 3 atom stereocenters. The summed E-state index contributed by atoms with van der Waals surface area (Å²) in [6.07, 6.45) is 5.25. The molecule has 2 heterocycles. The molecule has 1 amide bonds. The SMILES string of the molecule is COc1ccc2c(c1)[C@]1(C)CCN(C(=O)c3cccnc3)[C@H](C2)[C@@H]1C. The second kappa shape index (κ2) is 5.87. The molecule has 0 spiro atoms. The fraction of sp³-hybridized carbons (Fsp3) is 0.429. The van der Waals surface area contributed by atoms with Gasteiger partial charge in [-0.05, 0) is 59.6 Å². The molecule has 1 aliphatic heterocycles. The van der Waals surface area contributed by atoms with Crippen molar-refractivity contribution in [3.8, 4) is 5.75 Å². The smallest absolute Gasteiger partial charge is 0.255 e. The Hall–Kier alpha value is -2.36. The van der Waals surface area contributed by atoms with Gasteiger partial charge in [-0.15, -0.1) is 0 Å². The Balaban J connectivity index is 1.72. The van der Waals surface area contributed by atoms with Crippen molar-refractivity contribution in [2.75, 3.05) is 13.7 Å². The predicted molar refractivity (Wildman–Crippen MR) is 96.9 cm³/mol. The van der Waals surface area contributed by atoms with E-state index in [0.29, 0.717) is 11.5 Å². The standard InChI is InChI=1S/C21H24N2O2/c1-14-19-11-15-6-7-17(25-3)12-18(15)21(14,2)8-10-23(19)20(24)16-5-4-9-22-13-16/h4-7,9,12-14,19H,8,10-11H2,1-3H3/t14-,19+,21+/m0/s1. The number of amides is 1. The summed E-state index contributed by atoms with van der Waals surface area (Å²) < 4.78 is 5.44. The second-order valence-electron chi connectivity index (χ2n) is 7.49. The fourth-order valence-electron chi connectivity index (χ4n) is 4.63. The normalized spacial score (nSPS) is 27.6. The number of carbonyl (C=O) groups is 1. The van der Waals surface area contributed by atoms with Crippen LogP contribution in [0.2, 0.25) is 0 Å². The fourth-order valence-corrected chi connectivity index (χ4v) is 4.63. The van der Waals surface area contributed by atoms with Crippen LogP contribution in [0.1, 0.15) is 41.8 Å². The molecule has 1 aromatic heterocycles. The first-order valence-corrected chi connectivity index (χ1v) is 8.93. The Morgan fingerprint density at radius 1 is 1.36 bits per heavy atom. The summed E-state index contributed by atoms with van der Waals surface area (Å²) >= 11 is 0. The van der Waals surface area contributed by atoms with E-state index in [1.54, 1.807) is 19.5 Å². The van der Waals surface area contributed by atoms with Gasteiger partial charge in [0.05, 0.1) is 12.7 Å². The van der Waals surface area contributed by atoms with Crippen molar-refractivity contribution in [1.29, 1.82) is 0 Å². The summed E-state index contributed by atoms with van der Waals surface area (Å²) in [6, 6.07) is 10.3. The van der Waals surface area contributed by atoms with Crippen LogP contribution in [-0.4, -0.2) is 35.5 Å². The lowest BCUT2D eigenvalue weighted by atomic mass is 9.59. The van der Waals surface area contributed by atoms with Gasteiger partial charge in [0.1, 0.15) is 5.75 Å². The zero-order valence-corrected chi connectivity index (χ0v) is 15.0. The van der Waals surface area contributed by atoms with Crippen LogP contribution < -0.4 is 4.74 Å². The molecule has 1 saturated heterocycles. The number of hydrogen-bond donors (Lipinski definition) is 0. The Kier molecular flexibility index (Phi) is 3.78. The number of methoxy groups -OCH3 is 1. The van der Waals surface area contributed by atoms with Crippen LogP contribution in [0.5, 0.6) is 5.75 Å². The number of pyridine rings is 1. The third kappa shape index (κ3) is 2.43. The molecule has 4 rings (SSSR count). The Bertz CT molecular complexity index is 805. The zero-order chi connectivity index (χ0) is 17.6. The van der Waals surface area contributed by atoms with E-state index in [-0.39, 0.29) is 17.4 Å². The van der Waals surface area contributed by atoms with Crippen LogP contribution in [-0.2, 0) is 11.8 Å². The number of ether oxygens (including phenoxy) is 1. The number of piperidine rings is 1. The van der Waals surface area contributed by atoms with Gasteiger partial charge < -0.3 is 9.64 Å². The molecule has 130 valence electrons. The molecule has 4 heteroatoms. The third-order valence-electron chi connectivity index (χ3n) is 6.39. The molecular formula is C21H24N2O2. The molecule has 4 nitrogen and oxygen atoms in total. The average Bonchev–Trinajstić information content (AvgIpc) is 2.65. The average molecular weight is 336 g/mol. The zero-order valence-electron chi connectivity index (χ0n) is 15.0. The largest absolute Gasteiger partial charge is 0.497 e. The van der Waals surface area contributed by atoms with E-state index >= 15 is 0 Å². The summed E-state index contributed by atoms with van der Waals surface area (Å²) in [5.41, 5.74) is 3.50. The first kappa shape index (κ1) is 16.1. The van der Waals surface area contributed by atoms with Gasteiger partial charge in [0.2, 0.25) is 0 Å². The number of nitrogens with zero attached hydrogens (tertiary/aromatic N) is 2. The van der Waals surface area contributed by atoms with Crippen LogP contribution in [0.15, 0.2) is 42.7 Å². The highest BCUT2D eigenvalue weighted by atomic mass is 16.5. The first-order valence-electron chi connectivity index (χ1n) is 8.93. The van der Waals surface area contributed by atoms with Gasteiger partial charge in [0.15, 0.2) is 0 Å². The maximum Gasteiger partial charge on any atom is 0.255 e. The predicted octanol–water partition coefficient (Wildman–Crippen LogP) is 3.45. The van der Waals surface area contributed by atoms with Gasteiger partial charge >= 0.3 is 0 Å². The van der Waals surface area contributed by atoms with E-state index in [1.165, 1.54) is 11.1 Å². The summed E-state index contributed by atoms with van der Waals surface area (Å²) in [4.78, 5) is 19.2. The Morgan fingerprint density at radius 2 is 2.20 bits per heavy atom. The third-order valence-corrected chi connectivity index (χ3v) is 6.39. The van der Waals surface area contributed by atoms with E-state index in [0.717, 1.165) is 25.1 Å². The molecule has 0 N–H and O–H groups in total. The Morgan fingerprint density at radius 3 is 2.92 bits per heavy atom. The minimum absolute atomic E-state index is 0.0819. The van der Waals surface area contributed by atoms with Crippen molar-refractivity contribution >= 4 is 5.91 Å². The molecular weight excluding hydrogens is 312 g/mol. The summed E-state index contributed by atoms with van der Waals surface area (Å²) in [6.45, 7) is 5.42. The van der Waals surface area contributed by atoms with E-state index in [1.807, 2.05) is 18.2 Å². The van der Waals surface area contributed by atoms with Crippen LogP contribution in [0.25, 0.3) is 0 Å². The molecule has 1 aromatic carbocycles. The minimum atomic E-state index is 0.0819. The molecule has 0 radical (unpaired) electrons. The van der Waals surface area contributed by atoms with Crippen LogP contribution >= 0.6 is 0 Å². The highest BCUT2D eigenvalue weighted by molar-refractivity contribution is 5.94. The molecule has 2 aliphatic rings. The van der Waals surface area contributed by atoms with E-state index in [4.69, 9.17) is 4.74 Å². The quantitative estimate of drug-likeness (QED) is 0.843. The van der Waals surface area contributed by atoms with Crippen molar-refractivity contribution < 1.29 is 9.53 Å². The minimum Gasteiger partial charge on any atom is -0.497 e. The van der Waals surface area contributed by atoms with E-state index in [9.17, 15) is 4.79 Å². The van der Waals surface area contributed by atoms with Crippen molar-refractivity contribution in [3.05, 3.63) is 59.4 Å². The molecule has 0 saturated carbocycles. The number of aromatic nitrogens is 1. The Labute approximate surface area is 148 Å². The summed E-state index contributed by atoms with van der Waals surface area (Å²) in [5.74, 6) is 1.42. The van der Waals surface area contributed by atoms with Gasteiger partial charge in [-0.3, -0.25) is 9.78 Å². The molecule has 1 aliphatic carbocycles. The lowest BCUT2D eigenvalue weighted by Gasteiger charge is -2.54. The van der Waals surface area contributed by atoms with Crippen LogP contribution in [0.3, 0.4) is 0 Å². The number of rotatable bonds is 2. The van der Waals surface area contributed by atoms with Crippen molar-refractivity contribution in [1.82, 2.24) is 9.88 Å². The van der Waals surface area contributed by atoms with Crippen LogP contribution in [0.4, 0.5) is 0 Å². The maximum atomic E-state index is 13.0. The molecule has 25 heavy (non-hydrogen) atoms. The van der Waals surface area contributed by atoms with Crippen molar-refractivity contribution in [2.45, 2.75) is 38.1 Å². The molecule has 1 fully saturated rings. The van der Waals surface area contributed by atoms with E-state index in [2.05, 4.69) is 35.9 Å². The van der Waals surface area contributed by atoms with Crippen molar-refractivity contribution in [2.24, 2.45) is 5.92 Å².